The lowest BCUT2D eigenvalue weighted by Crippen LogP contribution is -2.59. The smallest absolute Gasteiger partial charge is 0.253 e. The Bertz CT molecular complexity index is 1100. The zero-order valence-corrected chi connectivity index (χ0v) is 24.9. The molecule has 2 aliphatic heterocycles. The third-order valence-electron chi connectivity index (χ3n) is 9.39. The molecule has 0 aromatic heterocycles. The van der Waals surface area contributed by atoms with Gasteiger partial charge in [0.25, 0.3) is 5.91 Å². The third-order valence-corrected chi connectivity index (χ3v) is 9.39. The summed E-state index contributed by atoms with van der Waals surface area (Å²) in [6, 6.07) is 17.3. The highest BCUT2D eigenvalue weighted by Crippen LogP contribution is 2.27. The van der Waals surface area contributed by atoms with Crippen LogP contribution in [0.15, 0.2) is 48.5 Å². The van der Waals surface area contributed by atoms with Gasteiger partial charge in [0.05, 0.1) is 6.42 Å². The molecule has 2 heterocycles. The Kier molecular flexibility index (Phi) is 9.50. The van der Waals surface area contributed by atoms with E-state index in [1.807, 2.05) is 21.9 Å². The average molecular weight is 533 g/mol. The minimum atomic E-state index is 0.129. The van der Waals surface area contributed by atoms with E-state index in [1.165, 1.54) is 11.1 Å². The van der Waals surface area contributed by atoms with E-state index in [0.29, 0.717) is 18.5 Å². The van der Waals surface area contributed by atoms with Crippen molar-refractivity contribution in [3.63, 3.8) is 0 Å². The minimum Gasteiger partial charge on any atom is -0.340 e. The average Bonchev–Trinajstić information content (AvgIpc) is 2.97. The van der Waals surface area contributed by atoms with Crippen molar-refractivity contribution in [1.29, 1.82) is 0 Å². The second kappa shape index (κ2) is 12.6. The molecule has 2 aliphatic rings. The van der Waals surface area contributed by atoms with Gasteiger partial charge in [-0.25, -0.2) is 0 Å². The predicted molar refractivity (Wildman–Crippen MR) is 159 cm³/mol. The number of nitrogens with zero attached hydrogens (tertiary/aromatic N) is 4. The van der Waals surface area contributed by atoms with Crippen LogP contribution in [0.4, 0.5) is 0 Å². The molecule has 4 rings (SSSR count). The summed E-state index contributed by atoms with van der Waals surface area (Å²) >= 11 is 0. The van der Waals surface area contributed by atoms with E-state index in [1.54, 1.807) is 0 Å². The Morgan fingerprint density at radius 3 is 1.72 bits per heavy atom. The molecule has 0 N–H and O–H groups in total. The number of rotatable bonds is 8. The first-order valence-corrected chi connectivity index (χ1v) is 14.8. The first kappa shape index (κ1) is 29.3. The number of piperazine rings is 2. The maximum Gasteiger partial charge on any atom is 0.253 e. The number of carbonyl (C=O) groups excluding carboxylic acids is 2. The van der Waals surface area contributed by atoms with E-state index in [2.05, 4.69) is 87.7 Å². The minimum absolute atomic E-state index is 0.129. The largest absolute Gasteiger partial charge is 0.340 e. The Balaban J connectivity index is 1.23. The first-order chi connectivity index (χ1) is 18.6. The summed E-state index contributed by atoms with van der Waals surface area (Å²) in [5.74, 6) is 0.367. The molecule has 2 aromatic carbocycles. The predicted octanol–water partition coefficient (Wildman–Crippen LogP) is 4.60. The van der Waals surface area contributed by atoms with Crippen molar-refractivity contribution in [2.75, 3.05) is 52.4 Å². The molecule has 2 aromatic rings. The van der Waals surface area contributed by atoms with E-state index < -0.39 is 0 Å². The molecule has 0 aliphatic carbocycles. The monoisotopic (exact) mass is 532 g/mol. The molecule has 0 radical (unpaired) electrons. The summed E-state index contributed by atoms with van der Waals surface area (Å²) in [6.45, 7) is 20.1. The van der Waals surface area contributed by atoms with E-state index in [0.717, 1.165) is 69.9 Å². The van der Waals surface area contributed by atoms with Crippen LogP contribution in [0.25, 0.3) is 0 Å². The van der Waals surface area contributed by atoms with Crippen molar-refractivity contribution < 1.29 is 9.59 Å². The molecule has 212 valence electrons. The fourth-order valence-electron chi connectivity index (χ4n) is 5.76. The maximum atomic E-state index is 13.2. The highest BCUT2D eigenvalue weighted by molar-refractivity contribution is 5.94. The summed E-state index contributed by atoms with van der Waals surface area (Å²) in [7, 11) is 0. The number of hydrogen-bond acceptors (Lipinski definition) is 4. The van der Waals surface area contributed by atoms with E-state index in [4.69, 9.17) is 0 Å². The van der Waals surface area contributed by atoms with Gasteiger partial charge in [0, 0.05) is 70.0 Å². The molecule has 39 heavy (non-hydrogen) atoms. The Morgan fingerprint density at radius 1 is 0.744 bits per heavy atom. The lowest BCUT2D eigenvalue weighted by atomic mass is 9.82. The molecule has 0 bridgehead atoms. The van der Waals surface area contributed by atoms with Crippen LogP contribution in [0.5, 0.6) is 0 Å². The fraction of sp³-hybridized carbons (Fsp3) is 0.576. The topological polar surface area (TPSA) is 47.1 Å². The van der Waals surface area contributed by atoms with Crippen molar-refractivity contribution in [1.82, 2.24) is 19.6 Å². The van der Waals surface area contributed by atoms with Gasteiger partial charge in [-0.15, -0.1) is 0 Å². The fourth-order valence-corrected chi connectivity index (χ4v) is 5.76. The van der Waals surface area contributed by atoms with Crippen LogP contribution in [-0.4, -0.2) is 95.9 Å². The Morgan fingerprint density at radius 2 is 1.23 bits per heavy atom. The van der Waals surface area contributed by atoms with Gasteiger partial charge >= 0.3 is 0 Å². The van der Waals surface area contributed by atoms with Gasteiger partial charge in [-0.2, -0.15) is 0 Å². The number of amides is 2. The molecular weight excluding hydrogens is 484 g/mol. The van der Waals surface area contributed by atoms with Gasteiger partial charge < -0.3 is 9.80 Å². The zero-order chi connectivity index (χ0) is 28.2. The zero-order valence-electron chi connectivity index (χ0n) is 24.9. The summed E-state index contributed by atoms with van der Waals surface area (Å²) in [5, 5.41) is 0. The van der Waals surface area contributed by atoms with Crippen molar-refractivity contribution in [2.24, 2.45) is 0 Å². The molecule has 2 amide bonds. The highest BCUT2D eigenvalue weighted by atomic mass is 16.2. The van der Waals surface area contributed by atoms with Crippen LogP contribution in [-0.2, 0) is 16.6 Å². The van der Waals surface area contributed by atoms with E-state index in [-0.39, 0.29) is 17.2 Å². The molecule has 0 spiro atoms. The Hall–Kier alpha value is -2.70. The molecule has 2 unspecified atom stereocenters. The van der Waals surface area contributed by atoms with Crippen LogP contribution < -0.4 is 0 Å². The number of carbonyl (C=O) groups is 2. The van der Waals surface area contributed by atoms with Crippen LogP contribution >= 0.6 is 0 Å². The quantitative estimate of drug-likeness (QED) is 0.499. The van der Waals surface area contributed by atoms with Crippen molar-refractivity contribution >= 4 is 11.8 Å². The molecule has 6 nitrogen and oxygen atoms in total. The van der Waals surface area contributed by atoms with Crippen molar-refractivity contribution in [3.05, 3.63) is 70.8 Å². The summed E-state index contributed by atoms with van der Waals surface area (Å²) in [6.07, 6.45) is 1.55. The second-order valence-electron chi connectivity index (χ2n) is 12.2. The Labute approximate surface area is 236 Å². The molecule has 2 atom stereocenters. The van der Waals surface area contributed by atoms with Gasteiger partial charge in [-0.05, 0) is 55.9 Å². The number of hydrogen-bond donors (Lipinski definition) is 0. The molecule has 6 heteroatoms. The third kappa shape index (κ3) is 7.09. The molecule has 2 fully saturated rings. The van der Waals surface area contributed by atoms with E-state index in [9.17, 15) is 9.59 Å². The van der Waals surface area contributed by atoms with Crippen molar-refractivity contribution in [2.45, 2.75) is 71.9 Å². The van der Waals surface area contributed by atoms with Gasteiger partial charge in [-0.1, -0.05) is 62.7 Å². The summed E-state index contributed by atoms with van der Waals surface area (Å²) in [4.78, 5) is 35.1. The second-order valence-corrected chi connectivity index (χ2v) is 12.2. The van der Waals surface area contributed by atoms with Gasteiger partial charge in [0.1, 0.15) is 0 Å². The standard InChI is InChI=1S/C33H48N4O2/c1-7-33(5,6)30-14-12-29(13-15-30)32(39)37-22-18-35(19-23-37)27(4)26(3)34-16-20-36(21-17-34)31(38)24-28-10-8-25(2)9-11-28/h8-15,26-27H,7,16-24H2,1-6H3. The number of benzene rings is 2. The number of aryl methyl sites for hydroxylation is 1. The summed E-state index contributed by atoms with van der Waals surface area (Å²) in [5.41, 5.74) is 4.51. The summed E-state index contributed by atoms with van der Waals surface area (Å²) < 4.78 is 0. The van der Waals surface area contributed by atoms with E-state index >= 15 is 0 Å². The van der Waals surface area contributed by atoms with Gasteiger partial charge in [-0.3, -0.25) is 19.4 Å². The highest BCUT2D eigenvalue weighted by Gasteiger charge is 2.32. The lowest BCUT2D eigenvalue weighted by Gasteiger charge is -2.45. The van der Waals surface area contributed by atoms with Crippen LogP contribution in [0.1, 0.15) is 68.1 Å². The van der Waals surface area contributed by atoms with Gasteiger partial charge in [0.15, 0.2) is 0 Å². The normalized spacial score (nSPS) is 19.1. The lowest BCUT2D eigenvalue weighted by molar-refractivity contribution is -0.132. The SMILES string of the molecule is CCC(C)(C)c1ccc(C(=O)N2CCN(C(C)C(C)N3CCN(C(=O)Cc4ccc(C)cc4)CC3)CC2)cc1. The first-order valence-electron chi connectivity index (χ1n) is 14.8. The van der Waals surface area contributed by atoms with Gasteiger partial charge in [0.2, 0.25) is 5.91 Å². The van der Waals surface area contributed by atoms with Crippen LogP contribution in [0.2, 0.25) is 0 Å². The molecule has 0 saturated carbocycles. The van der Waals surface area contributed by atoms with Crippen LogP contribution in [0, 0.1) is 6.92 Å². The van der Waals surface area contributed by atoms with Crippen molar-refractivity contribution in [3.8, 4) is 0 Å². The van der Waals surface area contributed by atoms with Crippen LogP contribution in [0.3, 0.4) is 0 Å². The molecular formula is C33H48N4O2. The maximum absolute atomic E-state index is 13.2. The molecule has 2 saturated heterocycles.